The summed E-state index contributed by atoms with van der Waals surface area (Å²) in [5.41, 5.74) is 0.297. The van der Waals surface area contributed by atoms with E-state index >= 15 is 0 Å². The van der Waals surface area contributed by atoms with Gasteiger partial charge in [-0.3, -0.25) is 0 Å². The molecule has 0 aromatic heterocycles. The number of aromatic carboxylic acids is 1. The van der Waals surface area contributed by atoms with Crippen LogP contribution in [0.5, 0.6) is 0 Å². The Hall–Kier alpha value is -1.84. The highest BCUT2D eigenvalue weighted by Gasteiger charge is 2.31. The molecule has 0 saturated heterocycles. The summed E-state index contributed by atoms with van der Waals surface area (Å²) in [5.74, 6) is -1.65. The van der Waals surface area contributed by atoms with Crippen molar-refractivity contribution >= 4 is 11.9 Å². The summed E-state index contributed by atoms with van der Waals surface area (Å²) in [7, 11) is 0. The summed E-state index contributed by atoms with van der Waals surface area (Å²) >= 11 is 0. The molecule has 1 aromatic carbocycles. The number of carboxylic acid groups (broad SMARTS) is 1. The summed E-state index contributed by atoms with van der Waals surface area (Å²) < 4.78 is 5.50. The van der Waals surface area contributed by atoms with E-state index in [0.29, 0.717) is 0 Å². The standard InChI is InChI=1S/C16H20O4/c1-16(2)9-5-6-11(10-16)20-15(19)13-8-4-3-7-12(13)14(17)18/h3-4,7-8,11H,5-6,9-10H2,1-2H3,(H,17,18)/t11-/m0/s1. The molecule has 0 aliphatic heterocycles. The van der Waals surface area contributed by atoms with Gasteiger partial charge in [-0.25, -0.2) is 9.59 Å². The normalized spacial score (nSPS) is 21.2. The van der Waals surface area contributed by atoms with E-state index in [1.54, 1.807) is 12.1 Å². The predicted molar refractivity (Wildman–Crippen MR) is 74.9 cm³/mol. The van der Waals surface area contributed by atoms with E-state index in [2.05, 4.69) is 13.8 Å². The summed E-state index contributed by atoms with van der Waals surface area (Å²) in [6.07, 6.45) is 3.73. The van der Waals surface area contributed by atoms with Crippen molar-refractivity contribution in [3.63, 3.8) is 0 Å². The van der Waals surface area contributed by atoms with E-state index in [-0.39, 0.29) is 22.6 Å². The molecule has 20 heavy (non-hydrogen) atoms. The predicted octanol–water partition coefficient (Wildman–Crippen LogP) is 3.51. The van der Waals surface area contributed by atoms with Crippen molar-refractivity contribution in [1.29, 1.82) is 0 Å². The molecule has 1 N–H and O–H groups in total. The van der Waals surface area contributed by atoms with Gasteiger partial charge in [0.15, 0.2) is 0 Å². The molecule has 4 nitrogen and oxygen atoms in total. The van der Waals surface area contributed by atoms with Gasteiger partial charge in [-0.1, -0.05) is 26.0 Å². The molecule has 0 spiro atoms. The van der Waals surface area contributed by atoms with Crippen molar-refractivity contribution in [3.05, 3.63) is 35.4 Å². The lowest BCUT2D eigenvalue weighted by Crippen LogP contribution is -2.30. The first-order valence-corrected chi connectivity index (χ1v) is 6.92. The monoisotopic (exact) mass is 276 g/mol. The molecule has 0 radical (unpaired) electrons. The van der Waals surface area contributed by atoms with Gasteiger partial charge in [0.05, 0.1) is 11.1 Å². The molecule has 0 heterocycles. The molecule has 1 aliphatic rings. The molecule has 1 atom stereocenters. The van der Waals surface area contributed by atoms with Crippen LogP contribution in [0.2, 0.25) is 0 Å². The molecule has 2 rings (SSSR count). The van der Waals surface area contributed by atoms with Crippen LogP contribution < -0.4 is 0 Å². The van der Waals surface area contributed by atoms with Crippen molar-refractivity contribution in [3.8, 4) is 0 Å². The first-order valence-electron chi connectivity index (χ1n) is 6.92. The first-order chi connectivity index (χ1) is 9.39. The van der Waals surface area contributed by atoms with Gasteiger partial charge in [0.1, 0.15) is 6.10 Å². The molecule has 1 fully saturated rings. The molecular formula is C16H20O4. The topological polar surface area (TPSA) is 63.6 Å². The van der Waals surface area contributed by atoms with Gasteiger partial charge in [0.2, 0.25) is 0 Å². The Morgan fingerprint density at radius 2 is 1.90 bits per heavy atom. The van der Waals surface area contributed by atoms with Crippen molar-refractivity contribution < 1.29 is 19.4 Å². The van der Waals surface area contributed by atoms with Gasteiger partial charge in [-0.05, 0) is 43.2 Å². The van der Waals surface area contributed by atoms with Crippen LogP contribution in [0.15, 0.2) is 24.3 Å². The third-order valence-corrected chi connectivity index (χ3v) is 3.81. The smallest absolute Gasteiger partial charge is 0.339 e. The maximum absolute atomic E-state index is 12.2. The molecule has 108 valence electrons. The second-order valence-corrected chi connectivity index (χ2v) is 6.14. The van der Waals surface area contributed by atoms with Crippen LogP contribution in [0.3, 0.4) is 0 Å². The van der Waals surface area contributed by atoms with Crippen LogP contribution in [0.1, 0.15) is 60.2 Å². The highest BCUT2D eigenvalue weighted by molar-refractivity contribution is 6.02. The quantitative estimate of drug-likeness (QED) is 0.858. The number of rotatable bonds is 3. The minimum Gasteiger partial charge on any atom is -0.478 e. The molecule has 1 aromatic rings. The molecule has 4 heteroatoms. The van der Waals surface area contributed by atoms with Crippen LogP contribution in [0.25, 0.3) is 0 Å². The molecule has 0 unspecified atom stereocenters. The Balaban J connectivity index is 2.11. The Kier molecular flexibility index (Phi) is 4.12. The number of carbonyl (C=O) groups is 2. The van der Waals surface area contributed by atoms with Crippen LogP contribution >= 0.6 is 0 Å². The molecule has 1 aliphatic carbocycles. The number of hydrogen-bond acceptors (Lipinski definition) is 3. The second kappa shape index (κ2) is 5.65. The van der Waals surface area contributed by atoms with Gasteiger partial charge in [-0.2, -0.15) is 0 Å². The summed E-state index contributed by atoms with van der Waals surface area (Å²) in [5, 5.41) is 9.10. The summed E-state index contributed by atoms with van der Waals surface area (Å²) in [6.45, 7) is 4.33. The summed E-state index contributed by atoms with van der Waals surface area (Å²) in [4.78, 5) is 23.3. The lowest BCUT2D eigenvalue weighted by molar-refractivity contribution is 0.00364. The largest absolute Gasteiger partial charge is 0.478 e. The number of carboxylic acids is 1. The van der Waals surface area contributed by atoms with Crippen LogP contribution in [-0.4, -0.2) is 23.1 Å². The maximum Gasteiger partial charge on any atom is 0.339 e. The fourth-order valence-corrected chi connectivity index (χ4v) is 2.79. The fourth-order valence-electron chi connectivity index (χ4n) is 2.79. The zero-order valence-electron chi connectivity index (χ0n) is 11.9. The van der Waals surface area contributed by atoms with E-state index in [1.165, 1.54) is 12.1 Å². The zero-order chi connectivity index (χ0) is 14.8. The SMILES string of the molecule is CC1(C)CCC[C@H](OC(=O)c2ccccc2C(=O)O)C1. The molecule has 1 saturated carbocycles. The zero-order valence-corrected chi connectivity index (χ0v) is 11.9. The van der Waals surface area contributed by atoms with Gasteiger partial charge in [0.25, 0.3) is 0 Å². The van der Waals surface area contributed by atoms with Gasteiger partial charge >= 0.3 is 11.9 Å². The number of benzene rings is 1. The highest BCUT2D eigenvalue weighted by Crippen LogP contribution is 2.36. The van der Waals surface area contributed by atoms with E-state index in [1.807, 2.05) is 0 Å². The van der Waals surface area contributed by atoms with Gasteiger partial charge < -0.3 is 9.84 Å². The average molecular weight is 276 g/mol. The minimum absolute atomic E-state index is 0.00688. The van der Waals surface area contributed by atoms with Crippen LogP contribution in [0, 0.1) is 5.41 Å². The van der Waals surface area contributed by atoms with Crippen LogP contribution in [-0.2, 0) is 4.74 Å². The van der Waals surface area contributed by atoms with E-state index in [4.69, 9.17) is 9.84 Å². The third-order valence-electron chi connectivity index (χ3n) is 3.81. The second-order valence-electron chi connectivity index (χ2n) is 6.14. The van der Waals surface area contributed by atoms with Crippen LogP contribution in [0.4, 0.5) is 0 Å². The Labute approximate surface area is 118 Å². The molecular weight excluding hydrogens is 256 g/mol. The van der Waals surface area contributed by atoms with E-state index in [0.717, 1.165) is 25.7 Å². The highest BCUT2D eigenvalue weighted by atomic mass is 16.5. The summed E-state index contributed by atoms with van der Waals surface area (Å²) in [6, 6.07) is 6.17. The van der Waals surface area contributed by atoms with Gasteiger partial charge in [-0.15, -0.1) is 0 Å². The third kappa shape index (κ3) is 3.38. The van der Waals surface area contributed by atoms with Crippen molar-refractivity contribution in [1.82, 2.24) is 0 Å². The van der Waals surface area contributed by atoms with Crippen molar-refractivity contribution in [2.24, 2.45) is 5.41 Å². The average Bonchev–Trinajstić information content (AvgIpc) is 2.37. The number of carbonyl (C=O) groups excluding carboxylic acids is 1. The lowest BCUT2D eigenvalue weighted by Gasteiger charge is -2.34. The first kappa shape index (κ1) is 14.6. The molecule has 0 amide bonds. The number of hydrogen-bond donors (Lipinski definition) is 1. The molecule has 0 bridgehead atoms. The Morgan fingerprint density at radius 3 is 2.50 bits per heavy atom. The van der Waals surface area contributed by atoms with Crippen molar-refractivity contribution in [2.45, 2.75) is 45.6 Å². The lowest BCUT2D eigenvalue weighted by atomic mass is 9.76. The Bertz CT molecular complexity index is 519. The maximum atomic E-state index is 12.2. The van der Waals surface area contributed by atoms with Crippen molar-refractivity contribution in [2.75, 3.05) is 0 Å². The fraction of sp³-hybridized carbons (Fsp3) is 0.500. The Morgan fingerprint density at radius 1 is 1.25 bits per heavy atom. The number of ether oxygens (including phenoxy) is 1. The van der Waals surface area contributed by atoms with E-state index < -0.39 is 11.9 Å². The van der Waals surface area contributed by atoms with E-state index in [9.17, 15) is 9.59 Å². The van der Waals surface area contributed by atoms with Gasteiger partial charge in [0, 0.05) is 0 Å². The minimum atomic E-state index is -1.11. The number of esters is 1.